The molecule has 0 saturated carbocycles. The number of hydrogen-bond acceptors (Lipinski definition) is 1. The Hall–Kier alpha value is -1.76. The molecular formula is C18H23N. The maximum atomic E-state index is 2.29. The summed E-state index contributed by atoms with van der Waals surface area (Å²) in [6.45, 7) is 10.8. The van der Waals surface area contributed by atoms with Gasteiger partial charge in [-0.1, -0.05) is 23.8 Å². The number of aryl methyl sites for hydroxylation is 5. The minimum absolute atomic E-state index is 1.25. The smallest absolute Gasteiger partial charge is 0.0467 e. The molecule has 1 heteroatoms. The summed E-state index contributed by atoms with van der Waals surface area (Å²) in [7, 11) is 2.15. The monoisotopic (exact) mass is 253 g/mol. The number of rotatable bonds is 2. The lowest BCUT2D eigenvalue weighted by Crippen LogP contribution is -2.13. The van der Waals surface area contributed by atoms with E-state index in [9.17, 15) is 0 Å². The molecule has 0 heterocycles. The molecule has 1 nitrogen and oxygen atoms in total. The molecule has 0 radical (unpaired) electrons. The number of benzene rings is 2. The predicted octanol–water partition coefficient (Wildman–Crippen LogP) is 5.00. The molecule has 0 amide bonds. The lowest BCUT2D eigenvalue weighted by Gasteiger charge is -2.25. The molecule has 0 saturated heterocycles. The molecule has 0 bridgehead atoms. The highest BCUT2D eigenvalue weighted by atomic mass is 15.1. The van der Waals surface area contributed by atoms with Crippen LogP contribution in [0, 0.1) is 34.6 Å². The Bertz CT molecular complexity index is 588. The van der Waals surface area contributed by atoms with Crippen molar-refractivity contribution in [1.82, 2.24) is 0 Å². The highest BCUT2D eigenvalue weighted by molar-refractivity contribution is 5.70. The van der Waals surface area contributed by atoms with E-state index in [1.54, 1.807) is 0 Å². The average Bonchev–Trinajstić information content (AvgIpc) is 2.31. The summed E-state index contributed by atoms with van der Waals surface area (Å²) < 4.78 is 0. The van der Waals surface area contributed by atoms with Crippen LogP contribution in [-0.4, -0.2) is 7.05 Å². The maximum Gasteiger partial charge on any atom is 0.0467 e. The van der Waals surface area contributed by atoms with E-state index in [2.05, 4.69) is 76.9 Å². The van der Waals surface area contributed by atoms with Gasteiger partial charge >= 0.3 is 0 Å². The number of anilines is 2. The largest absolute Gasteiger partial charge is 0.344 e. The number of nitrogens with zero attached hydrogens (tertiary/aromatic N) is 1. The zero-order valence-corrected chi connectivity index (χ0v) is 12.8. The van der Waals surface area contributed by atoms with Crippen molar-refractivity contribution in [1.29, 1.82) is 0 Å². The summed E-state index contributed by atoms with van der Waals surface area (Å²) in [4.78, 5) is 2.29. The molecule has 100 valence electrons. The van der Waals surface area contributed by atoms with E-state index in [1.165, 1.54) is 39.2 Å². The van der Waals surface area contributed by atoms with E-state index in [0.717, 1.165) is 0 Å². The van der Waals surface area contributed by atoms with Crippen molar-refractivity contribution in [3.05, 3.63) is 58.1 Å². The van der Waals surface area contributed by atoms with Crippen LogP contribution >= 0.6 is 0 Å². The van der Waals surface area contributed by atoms with Crippen LogP contribution in [0.25, 0.3) is 0 Å². The van der Waals surface area contributed by atoms with Crippen LogP contribution in [0.1, 0.15) is 27.8 Å². The first-order valence-corrected chi connectivity index (χ1v) is 6.79. The molecular weight excluding hydrogens is 230 g/mol. The molecule has 2 aromatic carbocycles. The Morgan fingerprint density at radius 3 is 1.79 bits per heavy atom. The topological polar surface area (TPSA) is 3.24 Å². The first-order valence-electron chi connectivity index (χ1n) is 6.79. The highest BCUT2D eigenvalue weighted by Gasteiger charge is 2.11. The van der Waals surface area contributed by atoms with Gasteiger partial charge in [0.1, 0.15) is 0 Å². The summed E-state index contributed by atoms with van der Waals surface area (Å²) in [5, 5.41) is 0. The second-order valence-corrected chi connectivity index (χ2v) is 5.57. The second kappa shape index (κ2) is 5.08. The molecule has 0 atom stereocenters. The van der Waals surface area contributed by atoms with Crippen LogP contribution in [0.4, 0.5) is 11.4 Å². The van der Waals surface area contributed by atoms with Gasteiger partial charge in [-0.3, -0.25) is 0 Å². The standard InChI is InChI=1S/C18H23N/c1-12-9-15(4)18(16(5)10-12)19(6)17-8-7-13(2)14(3)11-17/h7-11H,1-6H3. The third-order valence-electron chi connectivity index (χ3n) is 3.85. The third-order valence-corrected chi connectivity index (χ3v) is 3.85. The minimum Gasteiger partial charge on any atom is -0.344 e. The zero-order chi connectivity index (χ0) is 14.2. The first kappa shape index (κ1) is 13.7. The van der Waals surface area contributed by atoms with Gasteiger partial charge in [0.2, 0.25) is 0 Å². The lowest BCUT2D eigenvalue weighted by molar-refractivity contribution is 1.14. The maximum absolute atomic E-state index is 2.29. The zero-order valence-electron chi connectivity index (χ0n) is 12.8. The highest BCUT2D eigenvalue weighted by Crippen LogP contribution is 2.31. The molecule has 19 heavy (non-hydrogen) atoms. The molecule has 0 aromatic heterocycles. The van der Waals surface area contributed by atoms with Gasteiger partial charge in [-0.15, -0.1) is 0 Å². The Morgan fingerprint density at radius 2 is 1.26 bits per heavy atom. The summed E-state index contributed by atoms with van der Waals surface area (Å²) in [5.41, 5.74) is 9.23. The normalized spacial score (nSPS) is 10.6. The minimum atomic E-state index is 1.25. The van der Waals surface area contributed by atoms with Crippen LogP contribution in [0.15, 0.2) is 30.3 Å². The van der Waals surface area contributed by atoms with Gasteiger partial charge in [0.05, 0.1) is 0 Å². The SMILES string of the molecule is Cc1cc(C)c(N(C)c2ccc(C)c(C)c2)c(C)c1. The van der Waals surface area contributed by atoms with E-state index in [4.69, 9.17) is 0 Å². The molecule has 0 spiro atoms. The van der Waals surface area contributed by atoms with Crippen LogP contribution in [0.2, 0.25) is 0 Å². The van der Waals surface area contributed by atoms with E-state index in [-0.39, 0.29) is 0 Å². The van der Waals surface area contributed by atoms with E-state index in [1.807, 2.05) is 0 Å². The fourth-order valence-electron chi connectivity index (χ4n) is 2.76. The van der Waals surface area contributed by atoms with Crippen LogP contribution in [0.5, 0.6) is 0 Å². The third kappa shape index (κ3) is 2.65. The Labute approximate surface area is 116 Å². The van der Waals surface area contributed by atoms with Gasteiger partial charge in [-0.2, -0.15) is 0 Å². The molecule has 0 aliphatic rings. The Morgan fingerprint density at radius 1 is 0.684 bits per heavy atom. The number of hydrogen-bond donors (Lipinski definition) is 0. The average molecular weight is 253 g/mol. The van der Waals surface area contributed by atoms with Gasteiger partial charge in [0.15, 0.2) is 0 Å². The molecule has 2 rings (SSSR count). The summed E-state index contributed by atoms with van der Waals surface area (Å²) in [6.07, 6.45) is 0. The molecule has 2 aromatic rings. The molecule has 0 unspecified atom stereocenters. The summed E-state index contributed by atoms with van der Waals surface area (Å²) in [5.74, 6) is 0. The van der Waals surface area contributed by atoms with Gasteiger partial charge in [0.25, 0.3) is 0 Å². The fraction of sp³-hybridized carbons (Fsp3) is 0.333. The molecule has 0 N–H and O–H groups in total. The van der Waals surface area contributed by atoms with Crippen LogP contribution in [-0.2, 0) is 0 Å². The predicted molar refractivity (Wildman–Crippen MR) is 84.6 cm³/mol. The molecule has 0 fully saturated rings. The van der Waals surface area contributed by atoms with Crippen LogP contribution < -0.4 is 4.90 Å². The first-order chi connectivity index (χ1) is 8.90. The van der Waals surface area contributed by atoms with Gasteiger partial charge in [-0.05, 0) is 69.0 Å². The molecule has 0 aliphatic carbocycles. The second-order valence-electron chi connectivity index (χ2n) is 5.57. The van der Waals surface area contributed by atoms with Crippen molar-refractivity contribution >= 4 is 11.4 Å². The summed E-state index contributed by atoms with van der Waals surface area (Å²) in [6, 6.07) is 11.1. The lowest BCUT2D eigenvalue weighted by atomic mass is 10.0. The van der Waals surface area contributed by atoms with Gasteiger partial charge in [-0.25, -0.2) is 0 Å². The van der Waals surface area contributed by atoms with Crippen molar-refractivity contribution in [2.45, 2.75) is 34.6 Å². The van der Waals surface area contributed by atoms with Gasteiger partial charge < -0.3 is 4.90 Å². The van der Waals surface area contributed by atoms with E-state index >= 15 is 0 Å². The fourth-order valence-corrected chi connectivity index (χ4v) is 2.76. The molecule has 0 aliphatic heterocycles. The van der Waals surface area contributed by atoms with Crippen molar-refractivity contribution in [2.24, 2.45) is 0 Å². The Kier molecular flexibility index (Phi) is 3.66. The quantitative estimate of drug-likeness (QED) is 0.728. The van der Waals surface area contributed by atoms with Crippen molar-refractivity contribution in [3.63, 3.8) is 0 Å². The van der Waals surface area contributed by atoms with Crippen molar-refractivity contribution in [3.8, 4) is 0 Å². The van der Waals surface area contributed by atoms with Crippen molar-refractivity contribution in [2.75, 3.05) is 11.9 Å². The Balaban J connectivity index is 2.49. The van der Waals surface area contributed by atoms with Crippen LogP contribution in [0.3, 0.4) is 0 Å². The summed E-state index contributed by atoms with van der Waals surface area (Å²) >= 11 is 0. The van der Waals surface area contributed by atoms with E-state index in [0.29, 0.717) is 0 Å². The van der Waals surface area contributed by atoms with E-state index < -0.39 is 0 Å². The van der Waals surface area contributed by atoms with Gasteiger partial charge in [0, 0.05) is 18.4 Å². The van der Waals surface area contributed by atoms with Crippen molar-refractivity contribution < 1.29 is 0 Å².